The molecule has 1 aliphatic carbocycles. The monoisotopic (exact) mass is 225 g/mol. The van der Waals surface area contributed by atoms with E-state index in [4.69, 9.17) is 5.73 Å². The highest BCUT2D eigenvalue weighted by molar-refractivity contribution is 5.80. The molecule has 1 aromatic carbocycles. The summed E-state index contributed by atoms with van der Waals surface area (Å²) in [4.78, 5) is 0. The Labute approximate surface area is 91.1 Å². The standard InChI is InChI=1S/C12H10F3N/c13-12(14,15)11(16)10-7-3-5-8-4-1-2-6-9(8)10/h1-6H,7,16H2. The molecule has 1 aliphatic rings. The van der Waals surface area contributed by atoms with Crippen molar-refractivity contribution in [1.29, 1.82) is 0 Å². The second-order valence-electron chi connectivity index (χ2n) is 3.58. The van der Waals surface area contributed by atoms with Crippen LogP contribution in [-0.4, -0.2) is 6.18 Å². The predicted octanol–water partition coefficient (Wildman–Crippen LogP) is 3.34. The van der Waals surface area contributed by atoms with Gasteiger partial charge in [0.25, 0.3) is 0 Å². The summed E-state index contributed by atoms with van der Waals surface area (Å²) in [5.74, 6) is 0. The van der Waals surface area contributed by atoms with Gasteiger partial charge in [0, 0.05) is 0 Å². The third kappa shape index (κ3) is 1.83. The molecular formula is C12H10F3N. The number of allylic oxidation sites excluding steroid dienone is 3. The van der Waals surface area contributed by atoms with Crippen molar-refractivity contribution in [2.75, 3.05) is 0 Å². The lowest BCUT2D eigenvalue weighted by atomic mass is 9.91. The van der Waals surface area contributed by atoms with Crippen molar-refractivity contribution in [3.8, 4) is 0 Å². The van der Waals surface area contributed by atoms with Gasteiger partial charge in [0.2, 0.25) is 0 Å². The van der Waals surface area contributed by atoms with Gasteiger partial charge in [0.05, 0.1) is 0 Å². The zero-order valence-electron chi connectivity index (χ0n) is 8.38. The van der Waals surface area contributed by atoms with Crippen LogP contribution in [-0.2, 0) is 0 Å². The second kappa shape index (κ2) is 3.70. The van der Waals surface area contributed by atoms with E-state index < -0.39 is 11.9 Å². The Morgan fingerprint density at radius 3 is 2.56 bits per heavy atom. The fourth-order valence-electron chi connectivity index (χ4n) is 1.76. The maximum Gasteiger partial charge on any atom is 0.431 e. The van der Waals surface area contributed by atoms with Gasteiger partial charge in [-0.15, -0.1) is 0 Å². The first kappa shape index (κ1) is 10.8. The Morgan fingerprint density at radius 2 is 1.88 bits per heavy atom. The lowest BCUT2D eigenvalue weighted by molar-refractivity contribution is -0.0921. The molecule has 16 heavy (non-hydrogen) atoms. The molecule has 0 aliphatic heterocycles. The van der Waals surface area contributed by atoms with Crippen molar-refractivity contribution in [3.05, 3.63) is 47.2 Å². The molecule has 0 bridgehead atoms. The van der Waals surface area contributed by atoms with Gasteiger partial charge in [-0.25, -0.2) is 0 Å². The maximum absolute atomic E-state index is 12.5. The minimum absolute atomic E-state index is 0.158. The van der Waals surface area contributed by atoms with E-state index in [-0.39, 0.29) is 12.0 Å². The molecule has 0 fully saturated rings. The van der Waals surface area contributed by atoms with E-state index in [0.29, 0.717) is 5.56 Å². The van der Waals surface area contributed by atoms with E-state index in [1.54, 1.807) is 30.3 Å². The minimum atomic E-state index is -4.46. The van der Waals surface area contributed by atoms with Crippen LogP contribution in [0.5, 0.6) is 0 Å². The highest BCUT2D eigenvalue weighted by Gasteiger charge is 2.34. The molecule has 0 spiro atoms. The van der Waals surface area contributed by atoms with Crippen molar-refractivity contribution in [1.82, 2.24) is 0 Å². The van der Waals surface area contributed by atoms with Gasteiger partial charge in [-0.2, -0.15) is 13.2 Å². The summed E-state index contributed by atoms with van der Waals surface area (Å²) in [7, 11) is 0. The Hall–Kier alpha value is -1.71. The van der Waals surface area contributed by atoms with E-state index in [1.165, 1.54) is 0 Å². The van der Waals surface area contributed by atoms with Crippen LogP contribution in [0.25, 0.3) is 11.6 Å². The number of fused-ring (bicyclic) bond motifs is 1. The first-order chi connectivity index (χ1) is 7.50. The fraction of sp³-hybridized carbons (Fsp3) is 0.167. The first-order valence-corrected chi connectivity index (χ1v) is 4.82. The molecule has 0 unspecified atom stereocenters. The van der Waals surface area contributed by atoms with Gasteiger partial charge in [-0.3, -0.25) is 0 Å². The molecule has 0 saturated heterocycles. The third-order valence-electron chi connectivity index (χ3n) is 2.54. The van der Waals surface area contributed by atoms with Crippen molar-refractivity contribution < 1.29 is 13.2 Å². The van der Waals surface area contributed by atoms with E-state index in [0.717, 1.165) is 5.56 Å². The zero-order valence-corrected chi connectivity index (χ0v) is 8.38. The van der Waals surface area contributed by atoms with Crippen LogP contribution in [0.2, 0.25) is 0 Å². The van der Waals surface area contributed by atoms with Crippen LogP contribution in [0.15, 0.2) is 36.0 Å². The topological polar surface area (TPSA) is 26.0 Å². The molecule has 2 N–H and O–H groups in total. The summed E-state index contributed by atoms with van der Waals surface area (Å²) in [6, 6.07) is 6.93. The van der Waals surface area contributed by atoms with Crippen LogP contribution < -0.4 is 5.73 Å². The Kier molecular flexibility index (Phi) is 2.50. The number of rotatable bonds is 0. The van der Waals surface area contributed by atoms with Gasteiger partial charge < -0.3 is 5.73 Å². The van der Waals surface area contributed by atoms with Crippen molar-refractivity contribution >= 4 is 11.6 Å². The normalized spacial score (nSPS) is 18.2. The number of hydrogen-bond donors (Lipinski definition) is 1. The Balaban J connectivity index is 2.59. The maximum atomic E-state index is 12.5. The quantitative estimate of drug-likeness (QED) is 0.720. The highest BCUT2D eigenvalue weighted by Crippen LogP contribution is 2.35. The molecule has 0 saturated carbocycles. The van der Waals surface area contributed by atoms with Gasteiger partial charge in [0.15, 0.2) is 0 Å². The Morgan fingerprint density at radius 1 is 1.19 bits per heavy atom. The number of nitrogens with two attached hydrogens (primary N) is 1. The van der Waals surface area contributed by atoms with Gasteiger partial charge in [-0.1, -0.05) is 36.4 Å². The average molecular weight is 225 g/mol. The molecule has 1 nitrogen and oxygen atoms in total. The van der Waals surface area contributed by atoms with Gasteiger partial charge in [-0.05, 0) is 23.1 Å². The molecular weight excluding hydrogens is 215 g/mol. The third-order valence-corrected chi connectivity index (χ3v) is 2.54. The molecule has 0 atom stereocenters. The lowest BCUT2D eigenvalue weighted by Crippen LogP contribution is -2.22. The number of alkyl halides is 3. The summed E-state index contributed by atoms with van der Waals surface area (Å²) < 4.78 is 37.6. The van der Waals surface area contributed by atoms with Crippen LogP contribution in [0.4, 0.5) is 13.2 Å². The average Bonchev–Trinajstić information content (AvgIpc) is 2.26. The largest absolute Gasteiger partial charge is 0.431 e. The first-order valence-electron chi connectivity index (χ1n) is 4.82. The van der Waals surface area contributed by atoms with E-state index in [9.17, 15) is 13.2 Å². The molecule has 1 aromatic rings. The summed E-state index contributed by atoms with van der Waals surface area (Å²) in [6.45, 7) is 0. The van der Waals surface area contributed by atoms with Gasteiger partial charge >= 0.3 is 6.18 Å². The summed E-state index contributed by atoms with van der Waals surface area (Å²) in [5.41, 5.74) is 5.67. The molecule has 84 valence electrons. The van der Waals surface area contributed by atoms with E-state index in [2.05, 4.69) is 0 Å². The smallest absolute Gasteiger partial charge is 0.394 e. The number of halogens is 3. The van der Waals surface area contributed by atoms with Crippen molar-refractivity contribution in [2.24, 2.45) is 5.73 Å². The van der Waals surface area contributed by atoms with Crippen LogP contribution in [0.3, 0.4) is 0 Å². The van der Waals surface area contributed by atoms with Crippen LogP contribution in [0, 0.1) is 0 Å². The van der Waals surface area contributed by atoms with E-state index >= 15 is 0 Å². The number of benzene rings is 1. The molecule has 0 aromatic heterocycles. The SMILES string of the molecule is NC(=C1CC=Cc2ccccc21)C(F)(F)F. The molecule has 0 radical (unpaired) electrons. The molecule has 4 heteroatoms. The number of hydrogen-bond acceptors (Lipinski definition) is 1. The summed E-state index contributed by atoms with van der Waals surface area (Å²) in [5, 5.41) is 0. The molecule has 2 rings (SSSR count). The zero-order chi connectivity index (χ0) is 11.8. The van der Waals surface area contributed by atoms with Crippen molar-refractivity contribution in [2.45, 2.75) is 12.6 Å². The predicted molar refractivity (Wildman–Crippen MR) is 57.3 cm³/mol. The van der Waals surface area contributed by atoms with E-state index in [1.807, 2.05) is 6.08 Å². The van der Waals surface area contributed by atoms with Crippen LogP contribution >= 0.6 is 0 Å². The summed E-state index contributed by atoms with van der Waals surface area (Å²) >= 11 is 0. The second-order valence-corrected chi connectivity index (χ2v) is 3.58. The molecule has 0 heterocycles. The minimum Gasteiger partial charge on any atom is -0.394 e. The Bertz CT molecular complexity index is 469. The van der Waals surface area contributed by atoms with Crippen molar-refractivity contribution in [3.63, 3.8) is 0 Å². The summed E-state index contributed by atoms with van der Waals surface area (Å²) in [6.07, 6.45) is -0.741. The van der Waals surface area contributed by atoms with Crippen LogP contribution in [0.1, 0.15) is 17.5 Å². The highest BCUT2D eigenvalue weighted by atomic mass is 19.4. The lowest BCUT2D eigenvalue weighted by Gasteiger charge is -2.18. The fourth-order valence-corrected chi connectivity index (χ4v) is 1.76. The molecule has 0 amide bonds. The van der Waals surface area contributed by atoms with Gasteiger partial charge in [0.1, 0.15) is 5.70 Å².